The molecule has 0 saturated carbocycles. The highest BCUT2D eigenvalue weighted by atomic mass is 19.1. The summed E-state index contributed by atoms with van der Waals surface area (Å²) in [6.07, 6.45) is 0. The third-order valence-corrected chi connectivity index (χ3v) is 4.76. The number of methoxy groups -OCH3 is 2. The SMILES string of the molecule is COC(=O)C1=C(C)N=C(C)C(C(=O)OC)[C@H]1c1ccc(-c2ccccc2F)o1. The molecule has 0 bridgehead atoms. The minimum Gasteiger partial charge on any atom is -0.468 e. The first-order valence-corrected chi connectivity index (χ1v) is 8.65. The van der Waals surface area contributed by atoms with Crippen LogP contribution in [0.4, 0.5) is 4.39 Å². The minimum atomic E-state index is -0.859. The van der Waals surface area contributed by atoms with Gasteiger partial charge < -0.3 is 13.9 Å². The van der Waals surface area contributed by atoms with Crippen LogP contribution in [0.5, 0.6) is 0 Å². The number of allylic oxidation sites excluding steroid dienone is 1. The molecule has 0 amide bonds. The highest BCUT2D eigenvalue weighted by Gasteiger charge is 2.43. The fourth-order valence-electron chi connectivity index (χ4n) is 3.48. The average Bonchev–Trinajstić information content (AvgIpc) is 3.16. The van der Waals surface area contributed by atoms with Crippen molar-refractivity contribution in [2.24, 2.45) is 10.9 Å². The third-order valence-electron chi connectivity index (χ3n) is 4.76. The Hall–Kier alpha value is -3.22. The topological polar surface area (TPSA) is 78.1 Å². The summed E-state index contributed by atoms with van der Waals surface area (Å²) in [5, 5.41) is 0. The Morgan fingerprint density at radius 1 is 1.07 bits per heavy atom. The summed E-state index contributed by atoms with van der Waals surface area (Å²) in [6.45, 7) is 3.35. The summed E-state index contributed by atoms with van der Waals surface area (Å²) in [4.78, 5) is 29.3. The number of hydrogen-bond acceptors (Lipinski definition) is 6. The predicted molar refractivity (Wildman–Crippen MR) is 100 cm³/mol. The number of furan rings is 1. The van der Waals surface area contributed by atoms with Gasteiger partial charge in [-0.1, -0.05) is 12.1 Å². The lowest BCUT2D eigenvalue weighted by Gasteiger charge is -2.29. The van der Waals surface area contributed by atoms with E-state index in [1.54, 1.807) is 44.2 Å². The van der Waals surface area contributed by atoms with E-state index in [0.717, 1.165) is 0 Å². The number of carbonyl (C=O) groups is 2. The zero-order valence-corrected chi connectivity index (χ0v) is 16.0. The van der Waals surface area contributed by atoms with Crippen molar-refractivity contribution in [1.82, 2.24) is 0 Å². The zero-order chi connectivity index (χ0) is 20.4. The van der Waals surface area contributed by atoms with Crippen molar-refractivity contribution in [1.29, 1.82) is 0 Å². The smallest absolute Gasteiger partial charge is 0.336 e. The maximum absolute atomic E-state index is 14.1. The van der Waals surface area contributed by atoms with E-state index < -0.39 is 29.6 Å². The molecule has 1 aromatic heterocycles. The summed E-state index contributed by atoms with van der Waals surface area (Å²) < 4.78 is 29.8. The quantitative estimate of drug-likeness (QED) is 0.747. The Morgan fingerprint density at radius 2 is 1.79 bits per heavy atom. The number of benzene rings is 1. The highest BCUT2D eigenvalue weighted by Crippen LogP contribution is 2.41. The van der Waals surface area contributed by atoms with Crippen molar-refractivity contribution in [2.75, 3.05) is 14.2 Å². The maximum atomic E-state index is 14.1. The summed E-state index contributed by atoms with van der Waals surface area (Å²) in [5.74, 6) is -2.64. The number of carbonyl (C=O) groups excluding carboxylic acids is 2. The van der Waals surface area contributed by atoms with Crippen LogP contribution in [0.15, 0.2) is 57.1 Å². The number of aliphatic imine (C=N–C) groups is 1. The Bertz CT molecular complexity index is 988. The van der Waals surface area contributed by atoms with Crippen molar-refractivity contribution in [3.63, 3.8) is 0 Å². The third kappa shape index (κ3) is 3.35. The van der Waals surface area contributed by atoms with Crippen molar-refractivity contribution in [2.45, 2.75) is 19.8 Å². The summed E-state index contributed by atoms with van der Waals surface area (Å²) >= 11 is 0. The molecule has 0 radical (unpaired) electrons. The number of halogens is 1. The lowest BCUT2D eigenvalue weighted by Crippen LogP contribution is -2.35. The molecule has 6 nitrogen and oxygen atoms in total. The molecule has 0 N–H and O–H groups in total. The first-order valence-electron chi connectivity index (χ1n) is 8.65. The van der Waals surface area contributed by atoms with E-state index in [4.69, 9.17) is 13.9 Å². The zero-order valence-electron chi connectivity index (χ0n) is 16.0. The van der Waals surface area contributed by atoms with Crippen LogP contribution in [0.2, 0.25) is 0 Å². The molecule has 0 saturated heterocycles. The van der Waals surface area contributed by atoms with Crippen molar-refractivity contribution < 1.29 is 27.9 Å². The highest BCUT2D eigenvalue weighted by molar-refractivity contribution is 6.06. The molecule has 1 aliphatic rings. The molecule has 7 heteroatoms. The maximum Gasteiger partial charge on any atom is 0.336 e. The van der Waals surface area contributed by atoms with Gasteiger partial charge >= 0.3 is 11.9 Å². The largest absolute Gasteiger partial charge is 0.468 e. The minimum absolute atomic E-state index is 0.206. The van der Waals surface area contributed by atoms with Gasteiger partial charge in [-0.05, 0) is 38.1 Å². The van der Waals surface area contributed by atoms with Crippen LogP contribution < -0.4 is 0 Å². The van der Waals surface area contributed by atoms with Gasteiger partial charge in [0.15, 0.2) is 0 Å². The van der Waals surface area contributed by atoms with Crippen molar-refractivity contribution >= 4 is 17.7 Å². The number of hydrogen-bond donors (Lipinski definition) is 0. The molecule has 2 heterocycles. The standard InChI is InChI=1S/C21H20FNO5/c1-11-17(20(24)26-3)19(18(12(2)23-11)21(25)27-4)16-10-9-15(28-16)13-7-5-6-8-14(13)22/h5-10,17,19H,1-4H3/t17?,19-/m1/s1. The molecule has 0 aliphatic carbocycles. The molecular weight excluding hydrogens is 365 g/mol. The van der Waals surface area contributed by atoms with Crippen LogP contribution in [-0.4, -0.2) is 31.9 Å². The van der Waals surface area contributed by atoms with E-state index in [1.807, 2.05) is 0 Å². The van der Waals surface area contributed by atoms with Crippen LogP contribution in [0.3, 0.4) is 0 Å². The van der Waals surface area contributed by atoms with E-state index in [2.05, 4.69) is 4.99 Å². The molecule has 146 valence electrons. The molecule has 2 atom stereocenters. The molecule has 0 fully saturated rings. The van der Waals surface area contributed by atoms with E-state index in [1.165, 1.54) is 20.3 Å². The average molecular weight is 385 g/mol. The predicted octanol–water partition coefficient (Wildman–Crippen LogP) is 3.88. The van der Waals surface area contributed by atoms with E-state index in [9.17, 15) is 14.0 Å². The van der Waals surface area contributed by atoms with Gasteiger partial charge in [-0.2, -0.15) is 0 Å². The lowest BCUT2D eigenvalue weighted by molar-refractivity contribution is -0.144. The van der Waals surface area contributed by atoms with Gasteiger partial charge in [0.1, 0.15) is 23.3 Å². The second kappa shape index (κ2) is 7.80. The number of nitrogens with zero attached hydrogens (tertiary/aromatic N) is 1. The summed E-state index contributed by atoms with van der Waals surface area (Å²) in [5.41, 5.74) is 1.41. The molecule has 0 spiro atoms. The van der Waals surface area contributed by atoms with Gasteiger partial charge in [-0.3, -0.25) is 9.79 Å². The Balaban J connectivity index is 2.15. The van der Waals surface area contributed by atoms with Crippen LogP contribution >= 0.6 is 0 Å². The first kappa shape index (κ1) is 19.5. The lowest BCUT2D eigenvalue weighted by atomic mass is 9.78. The molecule has 3 rings (SSSR count). The van der Waals surface area contributed by atoms with Crippen LogP contribution in [0, 0.1) is 11.7 Å². The molecule has 1 aromatic carbocycles. The Kier molecular flexibility index (Phi) is 5.44. The van der Waals surface area contributed by atoms with E-state index >= 15 is 0 Å². The molecule has 1 unspecified atom stereocenters. The summed E-state index contributed by atoms with van der Waals surface area (Å²) in [7, 11) is 2.52. The van der Waals surface area contributed by atoms with Crippen LogP contribution in [-0.2, 0) is 19.1 Å². The fourth-order valence-corrected chi connectivity index (χ4v) is 3.48. The van der Waals surface area contributed by atoms with Gasteiger partial charge in [-0.25, -0.2) is 9.18 Å². The molecule has 2 aromatic rings. The van der Waals surface area contributed by atoms with Gasteiger partial charge in [0.2, 0.25) is 0 Å². The number of ether oxygens (including phenoxy) is 2. The molecule has 1 aliphatic heterocycles. The number of rotatable bonds is 4. The fraction of sp³-hybridized carbons (Fsp3) is 0.286. The van der Waals surface area contributed by atoms with Gasteiger partial charge in [-0.15, -0.1) is 0 Å². The van der Waals surface area contributed by atoms with Gasteiger partial charge in [0.25, 0.3) is 0 Å². The first-order chi connectivity index (χ1) is 13.4. The molecule has 28 heavy (non-hydrogen) atoms. The second-order valence-electron chi connectivity index (χ2n) is 6.40. The monoisotopic (exact) mass is 385 g/mol. The second-order valence-corrected chi connectivity index (χ2v) is 6.40. The van der Waals surface area contributed by atoms with Crippen LogP contribution in [0.25, 0.3) is 11.3 Å². The van der Waals surface area contributed by atoms with Crippen molar-refractivity contribution in [3.8, 4) is 11.3 Å². The normalized spacial score (nSPS) is 19.2. The van der Waals surface area contributed by atoms with Gasteiger partial charge in [0.05, 0.1) is 31.3 Å². The Labute approximate surface area is 161 Å². The van der Waals surface area contributed by atoms with Crippen LogP contribution in [0.1, 0.15) is 25.5 Å². The van der Waals surface area contributed by atoms with Crippen molar-refractivity contribution in [3.05, 3.63) is 59.2 Å². The van der Waals surface area contributed by atoms with E-state index in [-0.39, 0.29) is 11.1 Å². The Morgan fingerprint density at radius 3 is 2.43 bits per heavy atom. The van der Waals surface area contributed by atoms with E-state index in [0.29, 0.717) is 22.9 Å². The summed E-state index contributed by atoms with van der Waals surface area (Å²) in [6, 6.07) is 9.42. The number of esters is 2. The van der Waals surface area contributed by atoms with Gasteiger partial charge in [0, 0.05) is 11.4 Å². The molecular formula is C21H20FNO5.